The van der Waals surface area contributed by atoms with Crippen LogP contribution in [0.4, 0.5) is 17.2 Å². The predicted octanol–water partition coefficient (Wildman–Crippen LogP) is 14.2. The van der Waals surface area contributed by atoms with Crippen LogP contribution in [-0.4, -0.2) is 4.98 Å². The Hall–Kier alpha value is -6.77. The Morgan fingerprint density at radius 2 is 1.11 bits per heavy atom. The molecule has 1 aromatic heterocycles. The zero-order chi connectivity index (χ0) is 35.1. The molecule has 0 saturated carbocycles. The van der Waals surface area contributed by atoms with Gasteiger partial charge in [-0.1, -0.05) is 152 Å². The number of para-hydroxylation sites is 1. The fourth-order valence-electron chi connectivity index (χ4n) is 8.37. The molecular weight excluding hydrogens is 641 g/mol. The number of pyridine rings is 1. The zero-order valence-electron chi connectivity index (χ0n) is 29.3. The third-order valence-corrected chi connectivity index (χ3v) is 10.7. The van der Waals surface area contributed by atoms with E-state index in [0.717, 1.165) is 40.8 Å². The number of fused-ring (bicyclic) bond motifs is 7. The molecule has 250 valence electrons. The second kappa shape index (κ2) is 13.1. The van der Waals surface area contributed by atoms with Crippen molar-refractivity contribution >= 4 is 65.9 Å². The fourth-order valence-corrected chi connectivity index (χ4v) is 8.37. The average Bonchev–Trinajstić information content (AvgIpc) is 3.24. The van der Waals surface area contributed by atoms with Crippen LogP contribution in [0.1, 0.15) is 18.4 Å². The van der Waals surface area contributed by atoms with E-state index < -0.39 is 0 Å². The van der Waals surface area contributed by atoms with Crippen molar-refractivity contribution in [1.29, 1.82) is 0 Å². The van der Waals surface area contributed by atoms with E-state index in [9.17, 15) is 0 Å². The summed E-state index contributed by atoms with van der Waals surface area (Å²) in [4.78, 5) is 7.33. The van der Waals surface area contributed by atoms with Crippen LogP contribution in [0.3, 0.4) is 0 Å². The third kappa shape index (κ3) is 5.30. The first kappa shape index (κ1) is 31.0. The fraction of sp³-hybridized carbons (Fsp3) is 0.0392. The van der Waals surface area contributed by atoms with E-state index in [2.05, 4.69) is 193 Å². The molecule has 2 heteroatoms. The Bertz CT molecular complexity index is 2870. The van der Waals surface area contributed by atoms with Crippen LogP contribution < -0.4 is 4.90 Å². The van der Waals surface area contributed by atoms with Gasteiger partial charge in [0.15, 0.2) is 0 Å². The Labute approximate surface area is 309 Å². The van der Waals surface area contributed by atoms with Gasteiger partial charge < -0.3 is 0 Å². The highest BCUT2D eigenvalue weighted by atomic mass is 15.2. The van der Waals surface area contributed by atoms with Gasteiger partial charge >= 0.3 is 0 Å². The molecule has 0 aliphatic heterocycles. The van der Waals surface area contributed by atoms with E-state index in [-0.39, 0.29) is 0 Å². The van der Waals surface area contributed by atoms with E-state index in [1.807, 2.05) is 6.20 Å². The molecule has 9 aromatic rings. The second-order valence-electron chi connectivity index (χ2n) is 13.8. The Morgan fingerprint density at radius 1 is 0.472 bits per heavy atom. The van der Waals surface area contributed by atoms with E-state index in [1.54, 1.807) is 0 Å². The highest BCUT2D eigenvalue weighted by Gasteiger charge is 2.24. The molecule has 1 aliphatic rings. The van der Waals surface area contributed by atoms with Crippen molar-refractivity contribution < 1.29 is 0 Å². The first-order valence-corrected chi connectivity index (χ1v) is 18.4. The van der Waals surface area contributed by atoms with Crippen molar-refractivity contribution in [2.45, 2.75) is 12.8 Å². The lowest BCUT2D eigenvalue weighted by Crippen LogP contribution is -2.12. The molecule has 0 radical (unpaired) electrons. The van der Waals surface area contributed by atoms with Gasteiger partial charge in [0.25, 0.3) is 0 Å². The summed E-state index contributed by atoms with van der Waals surface area (Å²) in [5.74, 6) is 0.913. The van der Waals surface area contributed by atoms with Crippen LogP contribution in [0.15, 0.2) is 194 Å². The van der Waals surface area contributed by atoms with Gasteiger partial charge in [0, 0.05) is 23.0 Å². The van der Waals surface area contributed by atoms with Crippen LogP contribution in [0.25, 0.3) is 70.9 Å². The SMILES string of the molecule is C1=CCCC(c2c(-c3ccccc3)cc(-c3ccccc3)c3c4ccc(N(c5ccccc5)c5nccc6ccccc56)cc4c4ccccc4c23)=C1. The van der Waals surface area contributed by atoms with Gasteiger partial charge in [-0.25, -0.2) is 4.98 Å². The first-order valence-electron chi connectivity index (χ1n) is 18.4. The van der Waals surface area contributed by atoms with Crippen LogP contribution in [0.5, 0.6) is 0 Å². The summed E-state index contributed by atoms with van der Waals surface area (Å²) in [7, 11) is 0. The van der Waals surface area contributed by atoms with E-state index in [1.165, 1.54) is 65.7 Å². The Morgan fingerprint density at radius 3 is 1.85 bits per heavy atom. The van der Waals surface area contributed by atoms with Gasteiger partial charge in [-0.15, -0.1) is 0 Å². The van der Waals surface area contributed by atoms with Crippen LogP contribution in [0.2, 0.25) is 0 Å². The monoisotopic (exact) mass is 676 g/mol. The zero-order valence-corrected chi connectivity index (χ0v) is 29.3. The van der Waals surface area contributed by atoms with Crippen LogP contribution in [-0.2, 0) is 0 Å². The molecule has 53 heavy (non-hydrogen) atoms. The van der Waals surface area contributed by atoms with Crippen molar-refractivity contribution in [2.24, 2.45) is 0 Å². The van der Waals surface area contributed by atoms with Crippen molar-refractivity contribution in [3.63, 3.8) is 0 Å². The molecule has 0 spiro atoms. The number of aromatic nitrogens is 1. The maximum Gasteiger partial charge on any atom is 0.145 e. The Balaban J connectivity index is 1.35. The summed E-state index contributed by atoms with van der Waals surface area (Å²) in [5.41, 5.74) is 9.82. The van der Waals surface area contributed by atoms with Gasteiger partial charge in [0.2, 0.25) is 0 Å². The number of benzene rings is 8. The summed E-state index contributed by atoms with van der Waals surface area (Å²) < 4.78 is 0. The molecule has 0 saturated heterocycles. The molecular formula is C51H36N2. The van der Waals surface area contributed by atoms with Gasteiger partial charge in [-0.3, -0.25) is 4.90 Å². The molecule has 0 unspecified atom stereocenters. The van der Waals surface area contributed by atoms with E-state index in [0.29, 0.717) is 0 Å². The van der Waals surface area contributed by atoms with E-state index >= 15 is 0 Å². The first-order chi connectivity index (χ1) is 26.3. The summed E-state index contributed by atoms with van der Waals surface area (Å²) in [6.07, 6.45) is 10.8. The predicted molar refractivity (Wildman–Crippen MR) is 226 cm³/mol. The van der Waals surface area contributed by atoms with Crippen molar-refractivity contribution in [2.75, 3.05) is 4.90 Å². The molecule has 1 aliphatic carbocycles. The molecule has 1 heterocycles. The largest absolute Gasteiger partial charge is 0.295 e. The number of hydrogen-bond acceptors (Lipinski definition) is 2. The normalized spacial score (nSPS) is 12.8. The number of anilines is 3. The molecule has 8 aromatic carbocycles. The van der Waals surface area contributed by atoms with Crippen molar-refractivity contribution in [3.8, 4) is 22.3 Å². The van der Waals surface area contributed by atoms with Crippen molar-refractivity contribution in [3.05, 3.63) is 200 Å². The molecule has 10 rings (SSSR count). The summed E-state index contributed by atoms with van der Waals surface area (Å²) in [5, 5.41) is 9.86. The maximum atomic E-state index is 5.02. The van der Waals surface area contributed by atoms with Gasteiger partial charge in [-0.2, -0.15) is 0 Å². The van der Waals surface area contributed by atoms with Crippen molar-refractivity contribution in [1.82, 2.24) is 4.98 Å². The minimum atomic E-state index is 0.913. The Kier molecular flexibility index (Phi) is 7.66. The lowest BCUT2D eigenvalue weighted by molar-refractivity contribution is 1.06. The quantitative estimate of drug-likeness (QED) is 0.163. The lowest BCUT2D eigenvalue weighted by atomic mass is 9.80. The highest BCUT2D eigenvalue weighted by Crippen LogP contribution is 2.49. The summed E-state index contributed by atoms with van der Waals surface area (Å²) in [6, 6.07) is 61.6. The molecule has 0 amide bonds. The minimum Gasteiger partial charge on any atom is -0.295 e. The number of hydrogen-bond donors (Lipinski definition) is 0. The molecule has 0 fully saturated rings. The van der Waals surface area contributed by atoms with Gasteiger partial charge in [-0.05, 0) is 120 Å². The molecule has 0 atom stereocenters. The number of allylic oxidation sites excluding steroid dienone is 4. The second-order valence-corrected chi connectivity index (χ2v) is 13.8. The van der Waals surface area contributed by atoms with Crippen LogP contribution in [0, 0.1) is 0 Å². The number of rotatable bonds is 6. The highest BCUT2D eigenvalue weighted by molar-refractivity contribution is 6.32. The standard InChI is InChI=1S/C51H36N2/c1-5-17-35(18-6-1)45-34-46(36-19-7-2-8-20-36)49-44-30-29-40(53(39-24-11-4-12-25-39)51-41-26-14-13-21-37(41)31-32-52-51)33-47(44)42-27-15-16-28-43(42)50(49)48(45)38-22-9-3-10-23-38/h1-9,11-22,24-34H,10,23H2. The molecule has 0 N–H and O–H groups in total. The van der Waals surface area contributed by atoms with Crippen LogP contribution >= 0.6 is 0 Å². The smallest absolute Gasteiger partial charge is 0.145 e. The summed E-state index contributed by atoms with van der Waals surface area (Å²) in [6.45, 7) is 0. The minimum absolute atomic E-state index is 0.913. The maximum absolute atomic E-state index is 5.02. The molecule has 0 bridgehead atoms. The number of nitrogens with zero attached hydrogens (tertiary/aromatic N) is 2. The van der Waals surface area contributed by atoms with Gasteiger partial charge in [0.1, 0.15) is 5.82 Å². The third-order valence-electron chi connectivity index (χ3n) is 10.7. The lowest BCUT2D eigenvalue weighted by Gasteiger charge is -2.27. The average molecular weight is 677 g/mol. The molecule has 2 nitrogen and oxygen atoms in total. The topological polar surface area (TPSA) is 16.1 Å². The summed E-state index contributed by atoms with van der Waals surface area (Å²) >= 11 is 0. The van der Waals surface area contributed by atoms with Gasteiger partial charge in [0.05, 0.1) is 0 Å². The van der Waals surface area contributed by atoms with E-state index in [4.69, 9.17) is 4.98 Å².